The van der Waals surface area contributed by atoms with E-state index in [1.54, 1.807) is 49.6 Å². The minimum atomic E-state index is -0.258. The van der Waals surface area contributed by atoms with Crippen LogP contribution in [0.15, 0.2) is 47.6 Å². The first-order valence-electron chi connectivity index (χ1n) is 9.38. The van der Waals surface area contributed by atoms with Gasteiger partial charge >= 0.3 is 0 Å². The molecule has 2 aromatic carbocycles. The van der Waals surface area contributed by atoms with Gasteiger partial charge in [0.1, 0.15) is 11.6 Å². The van der Waals surface area contributed by atoms with Gasteiger partial charge in [-0.3, -0.25) is 9.59 Å². The maximum atomic E-state index is 12.5. The van der Waals surface area contributed by atoms with Crippen molar-refractivity contribution < 1.29 is 14.3 Å². The summed E-state index contributed by atoms with van der Waals surface area (Å²) >= 11 is 13.2. The molecule has 10 heteroatoms. The van der Waals surface area contributed by atoms with Crippen molar-refractivity contribution in [3.05, 3.63) is 63.9 Å². The number of benzene rings is 2. The van der Waals surface area contributed by atoms with Gasteiger partial charge in [0.25, 0.3) is 0 Å². The molecule has 0 aliphatic carbocycles. The van der Waals surface area contributed by atoms with Crippen molar-refractivity contribution in [3.8, 4) is 5.75 Å². The number of nitrogens with one attached hydrogen (secondary N) is 1. The third-order valence-corrected chi connectivity index (χ3v) is 6.08. The summed E-state index contributed by atoms with van der Waals surface area (Å²) in [6.45, 7) is 2.50. The van der Waals surface area contributed by atoms with Crippen LogP contribution in [0.3, 0.4) is 0 Å². The van der Waals surface area contributed by atoms with Crippen LogP contribution in [0, 0.1) is 0 Å². The van der Waals surface area contributed by atoms with Gasteiger partial charge in [-0.05, 0) is 49.4 Å². The predicted molar refractivity (Wildman–Crippen MR) is 123 cm³/mol. The van der Waals surface area contributed by atoms with Crippen LogP contribution in [-0.4, -0.2) is 39.3 Å². The number of ether oxygens (including phenoxy) is 1. The fourth-order valence-electron chi connectivity index (χ4n) is 2.79. The average Bonchev–Trinajstić information content (AvgIpc) is 3.15. The van der Waals surface area contributed by atoms with Gasteiger partial charge in [0, 0.05) is 17.8 Å². The SMILES string of the molecule is CCn1c(CC(=O)Nc2ccc(Cl)c(Cl)c2)nnc1SCC(=O)c1ccc(OC)cc1. The number of hydrogen-bond donors (Lipinski definition) is 1. The molecule has 0 atom stereocenters. The molecule has 1 amide bonds. The first-order valence-corrected chi connectivity index (χ1v) is 11.1. The topological polar surface area (TPSA) is 86.1 Å². The molecule has 162 valence electrons. The van der Waals surface area contributed by atoms with Gasteiger partial charge in [-0.2, -0.15) is 0 Å². The van der Waals surface area contributed by atoms with E-state index >= 15 is 0 Å². The Balaban J connectivity index is 1.62. The number of amides is 1. The average molecular weight is 479 g/mol. The summed E-state index contributed by atoms with van der Waals surface area (Å²) in [6.07, 6.45) is 0.0358. The zero-order valence-corrected chi connectivity index (χ0v) is 19.2. The minimum absolute atomic E-state index is 0.0304. The van der Waals surface area contributed by atoms with Crippen LogP contribution in [-0.2, 0) is 17.8 Å². The summed E-state index contributed by atoms with van der Waals surface area (Å²) in [5.41, 5.74) is 1.14. The number of thioether (sulfide) groups is 1. The summed E-state index contributed by atoms with van der Waals surface area (Å²) in [6, 6.07) is 11.8. The highest BCUT2D eigenvalue weighted by molar-refractivity contribution is 7.99. The van der Waals surface area contributed by atoms with E-state index in [1.807, 2.05) is 11.5 Å². The molecule has 1 aromatic heterocycles. The number of aromatic nitrogens is 3. The number of rotatable bonds is 9. The standard InChI is InChI=1S/C21H20Cl2N4O3S/c1-3-27-19(11-20(29)24-14-6-9-16(22)17(23)10-14)25-26-21(27)31-12-18(28)13-4-7-15(30-2)8-5-13/h4-10H,3,11-12H2,1-2H3,(H,24,29). The Morgan fingerprint density at radius 3 is 2.48 bits per heavy atom. The molecular formula is C21H20Cl2N4O3S. The number of carbonyl (C=O) groups is 2. The molecule has 1 N–H and O–H groups in total. The molecule has 0 saturated heterocycles. The van der Waals surface area contributed by atoms with Crippen molar-refractivity contribution >= 4 is 52.3 Å². The highest BCUT2D eigenvalue weighted by Gasteiger charge is 2.17. The fourth-order valence-corrected chi connectivity index (χ4v) is 4.00. The van der Waals surface area contributed by atoms with Gasteiger partial charge < -0.3 is 14.6 Å². The molecule has 7 nitrogen and oxygen atoms in total. The van der Waals surface area contributed by atoms with Crippen molar-refractivity contribution in [3.63, 3.8) is 0 Å². The third-order valence-electron chi connectivity index (χ3n) is 4.38. The van der Waals surface area contributed by atoms with Crippen molar-refractivity contribution in [1.29, 1.82) is 0 Å². The van der Waals surface area contributed by atoms with Crippen LogP contribution in [0.25, 0.3) is 0 Å². The summed E-state index contributed by atoms with van der Waals surface area (Å²) in [5.74, 6) is 1.13. The molecule has 0 fully saturated rings. The van der Waals surface area contributed by atoms with Crippen LogP contribution in [0.1, 0.15) is 23.1 Å². The Bertz CT molecular complexity index is 1090. The first-order chi connectivity index (χ1) is 14.9. The number of ketones is 1. The molecule has 0 bridgehead atoms. The molecule has 0 saturated carbocycles. The van der Waals surface area contributed by atoms with Crippen LogP contribution in [0.5, 0.6) is 5.75 Å². The molecule has 0 radical (unpaired) electrons. The van der Waals surface area contributed by atoms with E-state index in [1.165, 1.54) is 11.8 Å². The van der Waals surface area contributed by atoms with Crippen LogP contribution < -0.4 is 10.1 Å². The second-order valence-corrected chi connectivity index (χ2v) is 8.19. The van der Waals surface area contributed by atoms with Gasteiger partial charge in [0.15, 0.2) is 10.9 Å². The number of methoxy groups -OCH3 is 1. The fraction of sp³-hybridized carbons (Fsp3) is 0.238. The van der Waals surface area contributed by atoms with Crippen LogP contribution in [0.4, 0.5) is 5.69 Å². The quantitative estimate of drug-likeness (QED) is 0.352. The van der Waals surface area contributed by atoms with Gasteiger partial charge in [-0.1, -0.05) is 35.0 Å². The van der Waals surface area contributed by atoms with Gasteiger partial charge in [0.05, 0.1) is 29.3 Å². The number of Topliss-reactive ketones (excluding diaryl/α,β-unsaturated/α-hetero) is 1. The lowest BCUT2D eigenvalue weighted by atomic mass is 10.1. The monoisotopic (exact) mass is 478 g/mol. The first kappa shape index (κ1) is 23.1. The number of halogens is 2. The second kappa shape index (κ2) is 10.7. The second-order valence-electron chi connectivity index (χ2n) is 6.44. The van der Waals surface area contributed by atoms with E-state index in [0.717, 1.165) is 0 Å². The lowest BCUT2D eigenvalue weighted by molar-refractivity contribution is -0.115. The molecule has 3 aromatic rings. The summed E-state index contributed by atoms with van der Waals surface area (Å²) < 4.78 is 6.93. The smallest absolute Gasteiger partial charge is 0.232 e. The normalized spacial score (nSPS) is 10.7. The Morgan fingerprint density at radius 1 is 1.10 bits per heavy atom. The molecule has 31 heavy (non-hydrogen) atoms. The van der Waals surface area contributed by atoms with Crippen molar-refractivity contribution in [1.82, 2.24) is 14.8 Å². The molecule has 0 aliphatic heterocycles. The Labute approximate surface area is 194 Å². The third kappa shape index (κ3) is 6.00. The minimum Gasteiger partial charge on any atom is -0.497 e. The molecule has 3 rings (SSSR count). The van der Waals surface area contributed by atoms with E-state index in [9.17, 15) is 9.59 Å². The van der Waals surface area contributed by atoms with Gasteiger partial charge in [0.2, 0.25) is 5.91 Å². The lowest BCUT2D eigenvalue weighted by Gasteiger charge is -2.08. The highest BCUT2D eigenvalue weighted by Crippen LogP contribution is 2.25. The summed E-state index contributed by atoms with van der Waals surface area (Å²) in [4.78, 5) is 24.9. The lowest BCUT2D eigenvalue weighted by Crippen LogP contribution is -2.17. The Hall–Kier alpha value is -2.55. The highest BCUT2D eigenvalue weighted by atomic mass is 35.5. The van der Waals surface area contributed by atoms with Crippen molar-refractivity contribution in [2.24, 2.45) is 0 Å². The zero-order chi connectivity index (χ0) is 22.4. The number of hydrogen-bond acceptors (Lipinski definition) is 6. The summed E-state index contributed by atoms with van der Waals surface area (Å²) in [7, 11) is 1.58. The molecule has 1 heterocycles. The molecule has 0 spiro atoms. The van der Waals surface area contributed by atoms with Crippen LogP contribution >= 0.6 is 35.0 Å². The van der Waals surface area contributed by atoms with E-state index < -0.39 is 0 Å². The maximum absolute atomic E-state index is 12.5. The predicted octanol–water partition coefficient (Wildman–Crippen LogP) is 4.77. The van der Waals surface area contributed by atoms with E-state index in [-0.39, 0.29) is 23.9 Å². The van der Waals surface area contributed by atoms with E-state index in [0.29, 0.717) is 44.6 Å². The number of nitrogens with zero attached hydrogens (tertiary/aromatic N) is 3. The molecule has 0 unspecified atom stereocenters. The van der Waals surface area contributed by atoms with Crippen molar-refractivity contribution in [2.75, 3.05) is 18.2 Å². The Kier molecular flexibility index (Phi) is 7.95. The molecule has 0 aliphatic rings. The van der Waals surface area contributed by atoms with Crippen LogP contribution in [0.2, 0.25) is 10.0 Å². The number of anilines is 1. The van der Waals surface area contributed by atoms with E-state index in [2.05, 4.69) is 15.5 Å². The largest absolute Gasteiger partial charge is 0.497 e. The maximum Gasteiger partial charge on any atom is 0.232 e. The van der Waals surface area contributed by atoms with Crippen molar-refractivity contribution in [2.45, 2.75) is 25.0 Å². The van der Waals surface area contributed by atoms with Gasteiger partial charge in [-0.15, -0.1) is 10.2 Å². The zero-order valence-electron chi connectivity index (χ0n) is 16.9. The molecular weight excluding hydrogens is 459 g/mol. The summed E-state index contributed by atoms with van der Waals surface area (Å²) in [5, 5.41) is 12.4. The Morgan fingerprint density at radius 2 is 1.84 bits per heavy atom. The van der Waals surface area contributed by atoms with E-state index in [4.69, 9.17) is 27.9 Å². The van der Waals surface area contributed by atoms with Gasteiger partial charge in [-0.25, -0.2) is 0 Å². The number of carbonyl (C=O) groups excluding carboxylic acids is 2.